The van der Waals surface area contributed by atoms with Gasteiger partial charge in [0, 0.05) is 19.1 Å². The third-order valence-corrected chi connectivity index (χ3v) is 5.24. The molecule has 0 radical (unpaired) electrons. The van der Waals surface area contributed by atoms with Crippen molar-refractivity contribution in [2.24, 2.45) is 0 Å². The summed E-state index contributed by atoms with van der Waals surface area (Å²) >= 11 is 1.49. The third kappa shape index (κ3) is 4.00. The van der Waals surface area contributed by atoms with E-state index in [4.69, 9.17) is 4.42 Å². The number of hydrogen-bond acceptors (Lipinski definition) is 5. The first-order valence-electron chi connectivity index (χ1n) is 8.17. The number of amides is 1. The van der Waals surface area contributed by atoms with Crippen molar-refractivity contribution in [2.75, 3.05) is 13.1 Å². The van der Waals surface area contributed by atoms with Gasteiger partial charge in [0.25, 0.3) is 5.91 Å². The minimum atomic E-state index is 0.0388. The lowest BCUT2D eigenvalue weighted by atomic mass is 10.0. The summed E-state index contributed by atoms with van der Waals surface area (Å²) in [5.41, 5.74) is 0.917. The molecule has 3 rings (SSSR count). The van der Waals surface area contributed by atoms with Crippen LogP contribution in [0, 0.1) is 6.92 Å². The molecule has 1 aliphatic heterocycles. The molecule has 2 aromatic rings. The SMILES string of the molecule is CCc1nc(C)sc1C(=O)NC1CCN(Cc2ccco2)CC1. The van der Waals surface area contributed by atoms with Gasteiger partial charge in [0.05, 0.1) is 23.5 Å². The second kappa shape index (κ2) is 7.27. The van der Waals surface area contributed by atoms with Crippen molar-refractivity contribution in [3.8, 4) is 0 Å². The number of aryl methyl sites for hydroxylation is 2. The van der Waals surface area contributed by atoms with E-state index in [1.807, 2.05) is 26.0 Å². The van der Waals surface area contributed by atoms with Gasteiger partial charge >= 0.3 is 0 Å². The summed E-state index contributed by atoms with van der Waals surface area (Å²) in [6, 6.07) is 4.18. The summed E-state index contributed by atoms with van der Waals surface area (Å²) in [4.78, 5) is 20.1. The van der Waals surface area contributed by atoms with Crippen LogP contribution in [0.1, 0.15) is 45.9 Å². The third-order valence-electron chi connectivity index (χ3n) is 4.23. The molecule has 23 heavy (non-hydrogen) atoms. The second-order valence-electron chi connectivity index (χ2n) is 5.97. The van der Waals surface area contributed by atoms with E-state index in [1.54, 1.807) is 6.26 Å². The van der Waals surface area contributed by atoms with Gasteiger partial charge in [0.2, 0.25) is 0 Å². The van der Waals surface area contributed by atoms with Gasteiger partial charge in [-0.3, -0.25) is 9.69 Å². The number of aromatic nitrogens is 1. The van der Waals surface area contributed by atoms with E-state index in [9.17, 15) is 4.79 Å². The first-order valence-corrected chi connectivity index (χ1v) is 8.99. The van der Waals surface area contributed by atoms with Crippen LogP contribution in [0.5, 0.6) is 0 Å². The molecule has 0 atom stereocenters. The zero-order valence-electron chi connectivity index (χ0n) is 13.7. The van der Waals surface area contributed by atoms with Crippen LogP contribution in [-0.2, 0) is 13.0 Å². The number of nitrogens with one attached hydrogen (secondary N) is 1. The van der Waals surface area contributed by atoms with Gasteiger partial charge in [-0.15, -0.1) is 11.3 Å². The molecule has 2 aromatic heterocycles. The van der Waals surface area contributed by atoms with Crippen LogP contribution < -0.4 is 5.32 Å². The van der Waals surface area contributed by atoms with Gasteiger partial charge in [0.1, 0.15) is 10.6 Å². The highest BCUT2D eigenvalue weighted by Crippen LogP contribution is 2.20. The number of nitrogens with zero attached hydrogens (tertiary/aromatic N) is 2. The predicted molar refractivity (Wildman–Crippen MR) is 90.7 cm³/mol. The molecule has 5 nitrogen and oxygen atoms in total. The van der Waals surface area contributed by atoms with Crippen LogP contribution in [0.15, 0.2) is 22.8 Å². The molecule has 0 aliphatic carbocycles. The van der Waals surface area contributed by atoms with E-state index in [0.717, 1.165) is 60.2 Å². The number of rotatable bonds is 5. The Bertz CT molecular complexity index is 643. The topological polar surface area (TPSA) is 58.4 Å². The van der Waals surface area contributed by atoms with E-state index in [2.05, 4.69) is 15.2 Å². The molecular formula is C17H23N3O2S. The number of hydrogen-bond donors (Lipinski definition) is 1. The van der Waals surface area contributed by atoms with Crippen LogP contribution in [0.25, 0.3) is 0 Å². The molecule has 0 saturated carbocycles. The van der Waals surface area contributed by atoms with Gasteiger partial charge < -0.3 is 9.73 Å². The monoisotopic (exact) mass is 333 g/mol. The van der Waals surface area contributed by atoms with Crippen molar-refractivity contribution in [1.82, 2.24) is 15.2 Å². The number of likely N-dealkylation sites (tertiary alicyclic amines) is 1. The largest absolute Gasteiger partial charge is 0.468 e. The summed E-state index contributed by atoms with van der Waals surface area (Å²) in [5.74, 6) is 1.04. The number of thiazole rings is 1. The second-order valence-corrected chi connectivity index (χ2v) is 7.17. The van der Waals surface area contributed by atoms with Gasteiger partial charge in [-0.2, -0.15) is 0 Å². The average molecular weight is 333 g/mol. The average Bonchev–Trinajstić information content (AvgIpc) is 3.18. The van der Waals surface area contributed by atoms with Crippen LogP contribution >= 0.6 is 11.3 Å². The predicted octanol–water partition coefficient (Wildman–Crippen LogP) is 3.00. The quantitative estimate of drug-likeness (QED) is 0.914. The van der Waals surface area contributed by atoms with Crippen molar-refractivity contribution in [3.63, 3.8) is 0 Å². The highest BCUT2D eigenvalue weighted by atomic mass is 32.1. The van der Waals surface area contributed by atoms with E-state index in [-0.39, 0.29) is 11.9 Å². The molecule has 0 bridgehead atoms. The summed E-state index contributed by atoms with van der Waals surface area (Å²) in [6.45, 7) is 6.80. The molecule has 1 fully saturated rings. The molecule has 0 aromatic carbocycles. The Balaban J connectivity index is 1.51. The van der Waals surface area contributed by atoms with Gasteiger partial charge in [-0.05, 0) is 38.3 Å². The Kier molecular flexibility index (Phi) is 5.13. The standard InChI is InChI=1S/C17H23N3O2S/c1-3-15-16(23-12(2)18-15)17(21)19-13-6-8-20(9-7-13)11-14-5-4-10-22-14/h4-5,10,13H,3,6-9,11H2,1-2H3,(H,19,21). The fourth-order valence-corrected chi connectivity index (χ4v) is 3.91. The van der Waals surface area contributed by atoms with E-state index in [0.29, 0.717) is 0 Å². The number of furan rings is 1. The van der Waals surface area contributed by atoms with Crippen LogP contribution in [0.4, 0.5) is 0 Å². The zero-order valence-corrected chi connectivity index (χ0v) is 14.5. The highest BCUT2D eigenvalue weighted by Gasteiger charge is 2.23. The molecule has 0 unspecified atom stereocenters. The molecule has 1 aliphatic rings. The molecule has 124 valence electrons. The van der Waals surface area contributed by atoms with Crippen molar-refractivity contribution >= 4 is 17.2 Å². The molecule has 1 saturated heterocycles. The molecule has 3 heterocycles. The first kappa shape index (κ1) is 16.2. The Labute approximate surface area is 140 Å². The van der Waals surface area contributed by atoms with Crippen molar-refractivity contribution in [1.29, 1.82) is 0 Å². The van der Waals surface area contributed by atoms with E-state index < -0.39 is 0 Å². The maximum atomic E-state index is 12.5. The zero-order chi connectivity index (χ0) is 16.2. The summed E-state index contributed by atoms with van der Waals surface area (Å²) in [6.07, 6.45) is 4.47. The van der Waals surface area contributed by atoms with Crippen LogP contribution in [0.3, 0.4) is 0 Å². The van der Waals surface area contributed by atoms with Crippen LogP contribution in [-0.4, -0.2) is 34.9 Å². The van der Waals surface area contributed by atoms with Gasteiger partial charge in [0.15, 0.2) is 0 Å². The fourth-order valence-electron chi connectivity index (χ4n) is 3.00. The molecule has 0 spiro atoms. The number of piperidine rings is 1. The maximum Gasteiger partial charge on any atom is 0.263 e. The van der Waals surface area contributed by atoms with Crippen molar-refractivity contribution < 1.29 is 9.21 Å². The lowest BCUT2D eigenvalue weighted by Crippen LogP contribution is -2.44. The summed E-state index contributed by atoms with van der Waals surface area (Å²) < 4.78 is 5.40. The van der Waals surface area contributed by atoms with E-state index >= 15 is 0 Å². The van der Waals surface area contributed by atoms with Gasteiger partial charge in [-0.25, -0.2) is 4.98 Å². The smallest absolute Gasteiger partial charge is 0.263 e. The first-order chi connectivity index (χ1) is 11.2. The summed E-state index contributed by atoms with van der Waals surface area (Å²) in [5, 5.41) is 4.14. The lowest BCUT2D eigenvalue weighted by molar-refractivity contribution is 0.0909. The Hall–Kier alpha value is -1.66. The number of carbonyl (C=O) groups excluding carboxylic acids is 1. The lowest BCUT2D eigenvalue weighted by Gasteiger charge is -2.31. The normalized spacial score (nSPS) is 16.6. The van der Waals surface area contributed by atoms with Gasteiger partial charge in [-0.1, -0.05) is 6.92 Å². The minimum Gasteiger partial charge on any atom is -0.468 e. The van der Waals surface area contributed by atoms with Crippen LogP contribution in [0.2, 0.25) is 0 Å². The molecule has 1 amide bonds. The molecular weight excluding hydrogens is 310 g/mol. The molecule has 1 N–H and O–H groups in total. The molecule has 6 heteroatoms. The summed E-state index contributed by atoms with van der Waals surface area (Å²) in [7, 11) is 0. The van der Waals surface area contributed by atoms with E-state index in [1.165, 1.54) is 11.3 Å². The Morgan fingerprint density at radius 1 is 1.48 bits per heavy atom. The van der Waals surface area contributed by atoms with Crippen molar-refractivity contribution in [2.45, 2.75) is 45.7 Å². The minimum absolute atomic E-state index is 0.0388. The fraction of sp³-hybridized carbons (Fsp3) is 0.529. The Morgan fingerprint density at radius 2 is 2.26 bits per heavy atom. The highest BCUT2D eigenvalue weighted by molar-refractivity contribution is 7.13. The van der Waals surface area contributed by atoms with Crippen molar-refractivity contribution in [3.05, 3.63) is 39.7 Å². The number of carbonyl (C=O) groups is 1. The maximum absolute atomic E-state index is 12.5. The Morgan fingerprint density at radius 3 is 2.91 bits per heavy atom.